The standard InChI is InChI=1S/C11H14ClNO4S/c1-7-4-5-10(9(12)6-7)18(16,17)13(3)8(2)11(14)15/h4-6,8H,1-3H3,(H,14,15). The topological polar surface area (TPSA) is 74.7 Å². The zero-order valence-electron chi connectivity index (χ0n) is 10.2. The highest BCUT2D eigenvalue weighted by Crippen LogP contribution is 2.25. The van der Waals surface area contributed by atoms with Crippen molar-refractivity contribution < 1.29 is 18.3 Å². The highest BCUT2D eigenvalue weighted by molar-refractivity contribution is 7.89. The fourth-order valence-corrected chi connectivity index (χ4v) is 3.22. The molecule has 18 heavy (non-hydrogen) atoms. The molecule has 1 atom stereocenters. The molecule has 0 aliphatic heterocycles. The Hall–Kier alpha value is -1.11. The first-order chi connectivity index (χ1) is 8.17. The Morgan fingerprint density at radius 1 is 1.44 bits per heavy atom. The van der Waals surface area contributed by atoms with Gasteiger partial charge in [-0.05, 0) is 31.5 Å². The molecule has 0 bridgehead atoms. The molecule has 0 fully saturated rings. The molecule has 0 aromatic heterocycles. The van der Waals surface area contributed by atoms with Crippen molar-refractivity contribution >= 4 is 27.6 Å². The number of carbonyl (C=O) groups is 1. The fraction of sp³-hybridized carbons (Fsp3) is 0.364. The number of carboxylic acids is 1. The molecule has 1 aromatic rings. The SMILES string of the molecule is Cc1ccc(S(=O)(=O)N(C)C(C)C(=O)O)c(Cl)c1. The van der Waals surface area contributed by atoms with Crippen molar-refractivity contribution in [3.63, 3.8) is 0 Å². The lowest BCUT2D eigenvalue weighted by atomic mass is 10.2. The third-order valence-corrected chi connectivity index (χ3v) is 5.06. The van der Waals surface area contributed by atoms with Crippen LogP contribution in [0, 0.1) is 6.92 Å². The molecule has 1 N–H and O–H groups in total. The average Bonchev–Trinajstić information content (AvgIpc) is 2.26. The predicted octanol–water partition coefficient (Wildman–Crippen LogP) is 1.74. The molecule has 100 valence electrons. The third-order valence-electron chi connectivity index (χ3n) is 2.65. The van der Waals surface area contributed by atoms with Gasteiger partial charge in [0.25, 0.3) is 0 Å². The number of aryl methyl sites for hydroxylation is 1. The number of aliphatic carboxylic acids is 1. The minimum atomic E-state index is -3.91. The van der Waals surface area contributed by atoms with E-state index in [9.17, 15) is 13.2 Å². The summed E-state index contributed by atoms with van der Waals surface area (Å²) in [6.07, 6.45) is 0. The van der Waals surface area contributed by atoms with Crippen LogP contribution in [-0.2, 0) is 14.8 Å². The molecule has 5 nitrogen and oxygen atoms in total. The molecule has 0 spiro atoms. The maximum absolute atomic E-state index is 12.2. The Labute approximate surface area is 111 Å². The zero-order valence-corrected chi connectivity index (χ0v) is 11.8. The second kappa shape index (κ2) is 5.26. The number of halogens is 1. The monoisotopic (exact) mass is 291 g/mol. The number of sulfonamides is 1. The van der Waals surface area contributed by atoms with Gasteiger partial charge >= 0.3 is 5.97 Å². The summed E-state index contributed by atoms with van der Waals surface area (Å²) in [5.74, 6) is -1.22. The first kappa shape index (κ1) is 14.9. The van der Waals surface area contributed by atoms with Gasteiger partial charge in [0, 0.05) is 7.05 Å². The van der Waals surface area contributed by atoms with Crippen molar-refractivity contribution in [1.29, 1.82) is 0 Å². The highest BCUT2D eigenvalue weighted by Gasteiger charge is 2.30. The number of hydrogen-bond acceptors (Lipinski definition) is 3. The van der Waals surface area contributed by atoms with Crippen LogP contribution in [0.1, 0.15) is 12.5 Å². The summed E-state index contributed by atoms with van der Waals surface area (Å²) in [6, 6.07) is 3.34. The minimum Gasteiger partial charge on any atom is -0.480 e. The van der Waals surface area contributed by atoms with Crippen LogP contribution >= 0.6 is 11.6 Å². The Bertz CT molecular complexity index is 570. The molecular formula is C11H14ClNO4S. The van der Waals surface area contributed by atoms with Gasteiger partial charge in [-0.3, -0.25) is 4.79 Å². The molecule has 1 unspecified atom stereocenters. The number of rotatable bonds is 4. The number of hydrogen-bond donors (Lipinski definition) is 1. The molecule has 1 rings (SSSR count). The first-order valence-corrected chi connectivity index (χ1v) is 6.96. The molecule has 0 saturated heterocycles. The molecule has 0 aliphatic rings. The van der Waals surface area contributed by atoms with Crippen molar-refractivity contribution in [2.45, 2.75) is 24.8 Å². The number of likely N-dealkylation sites (N-methyl/N-ethyl adjacent to an activating group) is 1. The van der Waals surface area contributed by atoms with Crippen LogP contribution in [0.3, 0.4) is 0 Å². The van der Waals surface area contributed by atoms with E-state index in [0.29, 0.717) is 0 Å². The van der Waals surface area contributed by atoms with Crippen LogP contribution in [0.4, 0.5) is 0 Å². The second-order valence-corrected chi connectivity index (χ2v) is 6.34. The predicted molar refractivity (Wildman–Crippen MR) is 68.2 cm³/mol. The highest BCUT2D eigenvalue weighted by atomic mass is 35.5. The second-order valence-electron chi connectivity index (χ2n) is 3.97. The van der Waals surface area contributed by atoms with Crippen molar-refractivity contribution in [2.24, 2.45) is 0 Å². The van der Waals surface area contributed by atoms with Gasteiger partial charge < -0.3 is 5.11 Å². The molecule has 0 saturated carbocycles. The van der Waals surface area contributed by atoms with Crippen LogP contribution in [0.15, 0.2) is 23.1 Å². The Morgan fingerprint density at radius 2 is 2.00 bits per heavy atom. The van der Waals surface area contributed by atoms with E-state index in [2.05, 4.69) is 0 Å². The van der Waals surface area contributed by atoms with Crippen LogP contribution in [0.2, 0.25) is 5.02 Å². The van der Waals surface area contributed by atoms with Gasteiger partial charge in [0.15, 0.2) is 0 Å². The van der Waals surface area contributed by atoms with E-state index in [1.807, 2.05) is 0 Å². The zero-order chi connectivity index (χ0) is 14.1. The lowest BCUT2D eigenvalue weighted by molar-refractivity contribution is -0.140. The summed E-state index contributed by atoms with van der Waals surface area (Å²) < 4.78 is 25.2. The van der Waals surface area contributed by atoms with Gasteiger partial charge in [-0.15, -0.1) is 0 Å². The van der Waals surface area contributed by atoms with Crippen LogP contribution in [0.25, 0.3) is 0 Å². The van der Waals surface area contributed by atoms with Crippen molar-refractivity contribution in [2.75, 3.05) is 7.05 Å². The fourth-order valence-electron chi connectivity index (χ4n) is 1.33. The largest absolute Gasteiger partial charge is 0.480 e. The van der Waals surface area contributed by atoms with Crippen LogP contribution < -0.4 is 0 Å². The van der Waals surface area contributed by atoms with Crippen molar-refractivity contribution in [3.05, 3.63) is 28.8 Å². The molecule has 7 heteroatoms. The van der Waals surface area contributed by atoms with Crippen molar-refractivity contribution in [3.8, 4) is 0 Å². The van der Waals surface area contributed by atoms with Crippen molar-refractivity contribution in [1.82, 2.24) is 4.31 Å². The summed E-state index contributed by atoms with van der Waals surface area (Å²) >= 11 is 5.89. The summed E-state index contributed by atoms with van der Waals surface area (Å²) in [4.78, 5) is 10.7. The van der Waals surface area contributed by atoms with Gasteiger partial charge in [0.1, 0.15) is 10.9 Å². The minimum absolute atomic E-state index is 0.0828. The van der Waals surface area contributed by atoms with E-state index in [1.54, 1.807) is 13.0 Å². The Balaban J connectivity index is 3.25. The quantitative estimate of drug-likeness (QED) is 0.917. The van der Waals surface area contributed by atoms with E-state index in [4.69, 9.17) is 16.7 Å². The Kier molecular flexibility index (Phi) is 4.37. The van der Waals surface area contributed by atoms with E-state index in [1.165, 1.54) is 26.1 Å². The maximum atomic E-state index is 12.2. The normalized spacial score (nSPS) is 13.6. The maximum Gasteiger partial charge on any atom is 0.321 e. The van der Waals surface area contributed by atoms with E-state index in [0.717, 1.165) is 9.87 Å². The molecule has 0 heterocycles. The number of benzene rings is 1. The van der Waals surface area contributed by atoms with Gasteiger partial charge in [-0.1, -0.05) is 17.7 Å². The lowest BCUT2D eigenvalue weighted by Gasteiger charge is -2.21. The molecule has 1 aromatic carbocycles. The number of carboxylic acid groups (broad SMARTS) is 1. The van der Waals surface area contributed by atoms with E-state index < -0.39 is 22.0 Å². The average molecular weight is 292 g/mol. The summed E-state index contributed by atoms with van der Waals surface area (Å²) in [5, 5.41) is 8.92. The van der Waals surface area contributed by atoms with E-state index in [-0.39, 0.29) is 9.92 Å². The number of nitrogens with zero attached hydrogens (tertiary/aromatic N) is 1. The summed E-state index contributed by atoms with van der Waals surface area (Å²) in [6.45, 7) is 3.08. The first-order valence-electron chi connectivity index (χ1n) is 5.15. The molecule has 0 radical (unpaired) electrons. The molecule has 0 amide bonds. The van der Waals surface area contributed by atoms with Crippen LogP contribution in [-0.4, -0.2) is 36.9 Å². The van der Waals surface area contributed by atoms with Gasteiger partial charge in [0.2, 0.25) is 10.0 Å². The summed E-state index contributed by atoms with van der Waals surface area (Å²) in [5.41, 5.74) is 0.827. The van der Waals surface area contributed by atoms with E-state index >= 15 is 0 Å². The third kappa shape index (κ3) is 2.82. The molecular weight excluding hydrogens is 278 g/mol. The lowest BCUT2D eigenvalue weighted by Crippen LogP contribution is -2.40. The van der Waals surface area contributed by atoms with Gasteiger partial charge in [-0.25, -0.2) is 8.42 Å². The summed E-state index contributed by atoms with van der Waals surface area (Å²) in [7, 11) is -2.70. The smallest absolute Gasteiger partial charge is 0.321 e. The van der Waals surface area contributed by atoms with Gasteiger partial charge in [0.05, 0.1) is 5.02 Å². The van der Waals surface area contributed by atoms with Crippen LogP contribution in [0.5, 0.6) is 0 Å². The Morgan fingerprint density at radius 3 is 2.44 bits per heavy atom. The molecule has 0 aliphatic carbocycles. The van der Waals surface area contributed by atoms with Gasteiger partial charge in [-0.2, -0.15) is 4.31 Å².